The van der Waals surface area contributed by atoms with E-state index in [2.05, 4.69) is 21.2 Å². The Morgan fingerprint density at radius 1 is 1.29 bits per heavy atom. The molecule has 0 saturated heterocycles. The molecule has 2 rings (SSSR count). The first kappa shape index (κ1) is 15.6. The van der Waals surface area contributed by atoms with Gasteiger partial charge in [0.05, 0.1) is 10.7 Å². The van der Waals surface area contributed by atoms with Crippen molar-refractivity contribution in [2.24, 2.45) is 0 Å². The molecule has 0 spiro atoms. The summed E-state index contributed by atoms with van der Waals surface area (Å²) in [5.41, 5.74) is 8.60. The molecule has 108 valence electrons. The minimum atomic E-state index is -0.243. The Kier molecular flexibility index (Phi) is 5.04. The van der Waals surface area contributed by atoms with Gasteiger partial charge in [0.1, 0.15) is 0 Å². The lowest BCUT2D eigenvalue weighted by atomic mass is 10.1. The van der Waals surface area contributed by atoms with Crippen LogP contribution in [0.15, 0.2) is 46.9 Å². The minimum Gasteiger partial charge on any atom is -0.399 e. The molecule has 0 aliphatic carbocycles. The van der Waals surface area contributed by atoms with E-state index in [9.17, 15) is 4.79 Å². The number of nitrogen functional groups attached to an aromatic ring is 1. The molecule has 1 amide bonds. The molecular formula is C16H14BrClN2O. The molecule has 3 N–H and O–H groups in total. The van der Waals surface area contributed by atoms with Gasteiger partial charge < -0.3 is 11.1 Å². The molecule has 2 aromatic rings. The lowest BCUT2D eigenvalue weighted by Gasteiger charge is -2.09. The highest BCUT2D eigenvalue weighted by atomic mass is 79.9. The Labute approximate surface area is 136 Å². The van der Waals surface area contributed by atoms with Gasteiger partial charge in [-0.25, -0.2) is 0 Å². The van der Waals surface area contributed by atoms with Crippen LogP contribution < -0.4 is 11.1 Å². The number of hydrogen-bond donors (Lipinski definition) is 2. The van der Waals surface area contributed by atoms with Crippen molar-refractivity contribution in [3.05, 3.63) is 63.1 Å². The molecule has 0 radical (unpaired) electrons. The number of amides is 1. The van der Waals surface area contributed by atoms with Gasteiger partial charge in [0.25, 0.3) is 0 Å². The van der Waals surface area contributed by atoms with Crippen molar-refractivity contribution in [3.8, 4) is 0 Å². The first-order valence-electron chi connectivity index (χ1n) is 6.26. The van der Waals surface area contributed by atoms with E-state index in [1.807, 2.05) is 31.2 Å². The fourth-order valence-corrected chi connectivity index (χ4v) is 2.43. The standard InChI is InChI=1S/C16H14BrClN2O/c1-10-8-13(19)9-14(18)16(10)20-15(21)7-4-11-2-5-12(17)6-3-11/h2-9H,19H2,1H3,(H,20,21)/b7-4+. The summed E-state index contributed by atoms with van der Waals surface area (Å²) < 4.78 is 0.994. The summed E-state index contributed by atoms with van der Waals surface area (Å²) in [4.78, 5) is 11.9. The summed E-state index contributed by atoms with van der Waals surface area (Å²) in [7, 11) is 0. The van der Waals surface area contributed by atoms with E-state index in [4.69, 9.17) is 17.3 Å². The van der Waals surface area contributed by atoms with Crippen LogP contribution >= 0.6 is 27.5 Å². The number of nitrogens with one attached hydrogen (secondary N) is 1. The second-order valence-corrected chi connectivity index (χ2v) is 5.89. The van der Waals surface area contributed by atoms with Gasteiger partial charge >= 0.3 is 0 Å². The van der Waals surface area contributed by atoms with Crippen LogP contribution in [0.1, 0.15) is 11.1 Å². The zero-order chi connectivity index (χ0) is 15.4. The lowest BCUT2D eigenvalue weighted by molar-refractivity contribution is -0.111. The second-order valence-electron chi connectivity index (χ2n) is 4.57. The van der Waals surface area contributed by atoms with E-state index in [1.54, 1.807) is 18.2 Å². The fraction of sp³-hybridized carbons (Fsp3) is 0.0625. The maximum absolute atomic E-state index is 11.9. The predicted molar refractivity (Wildman–Crippen MR) is 92.4 cm³/mol. The molecule has 0 unspecified atom stereocenters. The van der Waals surface area contributed by atoms with E-state index < -0.39 is 0 Å². The van der Waals surface area contributed by atoms with Crippen molar-refractivity contribution < 1.29 is 4.79 Å². The molecule has 21 heavy (non-hydrogen) atoms. The number of anilines is 2. The van der Waals surface area contributed by atoms with Gasteiger partial charge in [0.15, 0.2) is 0 Å². The Balaban J connectivity index is 2.10. The molecule has 0 fully saturated rings. The van der Waals surface area contributed by atoms with Crippen molar-refractivity contribution in [1.29, 1.82) is 0 Å². The van der Waals surface area contributed by atoms with Gasteiger partial charge in [0.2, 0.25) is 5.91 Å². The molecule has 0 aliphatic heterocycles. The van der Waals surface area contributed by atoms with E-state index in [0.717, 1.165) is 15.6 Å². The normalized spacial score (nSPS) is 10.8. The lowest BCUT2D eigenvalue weighted by Crippen LogP contribution is -2.09. The van der Waals surface area contributed by atoms with Crippen LogP contribution in [0.4, 0.5) is 11.4 Å². The summed E-state index contributed by atoms with van der Waals surface area (Å²) in [6.07, 6.45) is 3.21. The summed E-state index contributed by atoms with van der Waals surface area (Å²) in [5, 5.41) is 3.19. The highest BCUT2D eigenvalue weighted by molar-refractivity contribution is 9.10. The molecular weight excluding hydrogens is 352 g/mol. The van der Waals surface area contributed by atoms with E-state index in [-0.39, 0.29) is 5.91 Å². The van der Waals surface area contributed by atoms with Crippen LogP contribution in [0.25, 0.3) is 6.08 Å². The number of rotatable bonds is 3. The maximum atomic E-state index is 11.9. The van der Waals surface area contributed by atoms with Crippen LogP contribution in [0, 0.1) is 6.92 Å². The van der Waals surface area contributed by atoms with Gasteiger partial charge in [-0.1, -0.05) is 39.7 Å². The quantitative estimate of drug-likeness (QED) is 0.614. The highest BCUT2D eigenvalue weighted by Gasteiger charge is 2.07. The molecule has 0 heterocycles. The number of nitrogens with two attached hydrogens (primary N) is 1. The summed E-state index contributed by atoms with van der Waals surface area (Å²) >= 11 is 9.45. The van der Waals surface area contributed by atoms with Crippen molar-refractivity contribution in [2.75, 3.05) is 11.1 Å². The number of halogens is 2. The van der Waals surface area contributed by atoms with Crippen LogP contribution in [-0.2, 0) is 4.79 Å². The third-order valence-electron chi connectivity index (χ3n) is 2.86. The molecule has 0 saturated carbocycles. The molecule has 0 aliphatic rings. The Bertz CT molecular complexity index is 673. The second kappa shape index (κ2) is 6.78. The molecule has 0 atom stereocenters. The minimum absolute atomic E-state index is 0.243. The molecule has 0 bridgehead atoms. The van der Waals surface area contributed by atoms with Crippen LogP contribution in [-0.4, -0.2) is 5.91 Å². The van der Waals surface area contributed by atoms with E-state index in [0.29, 0.717) is 16.4 Å². The van der Waals surface area contributed by atoms with Gasteiger partial charge in [0, 0.05) is 16.2 Å². The largest absolute Gasteiger partial charge is 0.399 e. The third kappa shape index (κ3) is 4.34. The van der Waals surface area contributed by atoms with Crippen molar-refractivity contribution in [2.45, 2.75) is 6.92 Å². The number of carbonyl (C=O) groups is 1. The number of benzene rings is 2. The SMILES string of the molecule is Cc1cc(N)cc(Cl)c1NC(=O)/C=C/c1ccc(Br)cc1. The van der Waals surface area contributed by atoms with E-state index >= 15 is 0 Å². The topological polar surface area (TPSA) is 55.1 Å². The van der Waals surface area contributed by atoms with Gasteiger partial charge in [-0.05, 0) is 48.4 Å². The van der Waals surface area contributed by atoms with Crippen LogP contribution in [0.3, 0.4) is 0 Å². The number of hydrogen-bond acceptors (Lipinski definition) is 2. The Morgan fingerprint density at radius 2 is 1.95 bits per heavy atom. The molecule has 5 heteroatoms. The van der Waals surface area contributed by atoms with Gasteiger partial charge in [-0.15, -0.1) is 0 Å². The highest BCUT2D eigenvalue weighted by Crippen LogP contribution is 2.28. The summed E-state index contributed by atoms with van der Waals surface area (Å²) in [5.74, 6) is -0.243. The van der Waals surface area contributed by atoms with Crippen molar-refractivity contribution in [1.82, 2.24) is 0 Å². The Hall–Kier alpha value is -1.78. The predicted octanol–water partition coefficient (Wildman–Crippen LogP) is 4.65. The zero-order valence-electron chi connectivity index (χ0n) is 11.4. The molecule has 3 nitrogen and oxygen atoms in total. The zero-order valence-corrected chi connectivity index (χ0v) is 13.7. The van der Waals surface area contributed by atoms with Gasteiger partial charge in [-0.2, -0.15) is 0 Å². The summed E-state index contributed by atoms with van der Waals surface area (Å²) in [6, 6.07) is 11.0. The number of aryl methyl sites for hydroxylation is 1. The van der Waals surface area contributed by atoms with Crippen molar-refractivity contribution >= 4 is 50.9 Å². The Morgan fingerprint density at radius 3 is 2.57 bits per heavy atom. The van der Waals surface area contributed by atoms with Crippen molar-refractivity contribution in [3.63, 3.8) is 0 Å². The number of carbonyl (C=O) groups excluding carboxylic acids is 1. The van der Waals surface area contributed by atoms with Crippen LogP contribution in [0.2, 0.25) is 5.02 Å². The first-order chi connectivity index (χ1) is 9.95. The summed E-state index contributed by atoms with van der Waals surface area (Å²) in [6.45, 7) is 1.84. The molecule has 2 aromatic carbocycles. The average Bonchev–Trinajstić information content (AvgIpc) is 2.42. The third-order valence-corrected chi connectivity index (χ3v) is 3.68. The first-order valence-corrected chi connectivity index (χ1v) is 7.43. The fourth-order valence-electron chi connectivity index (χ4n) is 1.84. The van der Waals surface area contributed by atoms with E-state index in [1.165, 1.54) is 6.08 Å². The average molecular weight is 366 g/mol. The maximum Gasteiger partial charge on any atom is 0.248 e. The smallest absolute Gasteiger partial charge is 0.248 e. The van der Waals surface area contributed by atoms with Crippen LogP contribution in [0.5, 0.6) is 0 Å². The molecule has 0 aromatic heterocycles. The monoisotopic (exact) mass is 364 g/mol. The van der Waals surface area contributed by atoms with Gasteiger partial charge in [-0.3, -0.25) is 4.79 Å².